The van der Waals surface area contributed by atoms with Gasteiger partial charge in [0.05, 0.1) is 0 Å². The highest BCUT2D eigenvalue weighted by atomic mass is 16.2. The van der Waals surface area contributed by atoms with Crippen molar-refractivity contribution in [2.75, 3.05) is 13.1 Å². The van der Waals surface area contributed by atoms with Crippen LogP contribution in [0.1, 0.15) is 23.8 Å². The molecule has 1 aromatic heterocycles. The summed E-state index contributed by atoms with van der Waals surface area (Å²) in [6.45, 7) is 3.64. The van der Waals surface area contributed by atoms with Gasteiger partial charge in [-0.15, -0.1) is 0 Å². The molecule has 4 heteroatoms. The minimum absolute atomic E-state index is 0.121. The number of aryl methyl sites for hydroxylation is 1. The summed E-state index contributed by atoms with van der Waals surface area (Å²) in [6, 6.07) is 3.93. The van der Waals surface area contributed by atoms with E-state index in [0.717, 1.165) is 25.2 Å². The molecule has 1 aliphatic heterocycles. The molecule has 16 heavy (non-hydrogen) atoms. The Kier molecular flexibility index (Phi) is 3.01. The second-order valence-corrected chi connectivity index (χ2v) is 4.66. The number of nitrogens with two attached hydrogens (primary N) is 1. The summed E-state index contributed by atoms with van der Waals surface area (Å²) in [5.74, 6) is 0.569. The van der Waals surface area contributed by atoms with Crippen molar-refractivity contribution in [2.24, 2.45) is 18.7 Å². The minimum atomic E-state index is 0.121. The molecule has 0 spiro atoms. The molecule has 0 aliphatic carbocycles. The average molecular weight is 221 g/mol. The lowest BCUT2D eigenvalue weighted by atomic mass is 10.0. The molecule has 88 valence electrons. The van der Waals surface area contributed by atoms with Gasteiger partial charge in [0.25, 0.3) is 5.91 Å². The molecule has 2 rings (SSSR count). The summed E-state index contributed by atoms with van der Waals surface area (Å²) >= 11 is 0. The van der Waals surface area contributed by atoms with E-state index in [9.17, 15) is 4.79 Å². The molecule has 1 saturated heterocycles. The summed E-state index contributed by atoms with van der Waals surface area (Å²) in [5.41, 5.74) is 6.62. The highest BCUT2D eigenvalue weighted by Gasteiger charge is 2.29. The van der Waals surface area contributed by atoms with Crippen LogP contribution in [0.4, 0.5) is 0 Å². The molecule has 2 N–H and O–H groups in total. The number of hydrogen-bond acceptors (Lipinski definition) is 2. The first-order chi connectivity index (χ1) is 7.59. The van der Waals surface area contributed by atoms with Gasteiger partial charge in [-0.05, 0) is 31.4 Å². The van der Waals surface area contributed by atoms with E-state index in [0.29, 0.717) is 5.92 Å². The van der Waals surface area contributed by atoms with Crippen molar-refractivity contribution < 1.29 is 4.79 Å². The first kappa shape index (κ1) is 11.2. The molecule has 2 atom stereocenters. The van der Waals surface area contributed by atoms with Crippen LogP contribution in [-0.2, 0) is 7.05 Å². The van der Waals surface area contributed by atoms with E-state index in [1.165, 1.54) is 0 Å². The predicted octanol–water partition coefficient (Wildman–Crippen LogP) is 0.834. The molecule has 1 aromatic rings. The van der Waals surface area contributed by atoms with Crippen molar-refractivity contribution >= 4 is 5.91 Å². The lowest BCUT2D eigenvalue weighted by Gasteiger charge is -2.18. The fraction of sp³-hybridized carbons (Fsp3) is 0.583. The van der Waals surface area contributed by atoms with Crippen LogP contribution in [0.15, 0.2) is 18.3 Å². The lowest BCUT2D eigenvalue weighted by molar-refractivity contribution is 0.0776. The van der Waals surface area contributed by atoms with Crippen molar-refractivity contribution in [3.63, 3.8) is 0 Å². The molecular weight excluding hydrogens is 202 g/mol. The molecule has 1 aliphatic rings. The van der Waals surface area contributed by atoms with Crippen LogP contribution >= 0.6 is 0 Å². The van der Waals surface area contributed by atoms with Gasteiger partial charge >= 0.3 is 0 Å². The minimum Gasteiger partial charge on any atom is -0.347 e. The van der Waals surface area contributed by atoms with Gasteiger partial charge in [-0.3, -0.25) is 4.79 Å². The lowest BCUT2D eigenvalue weighted by Crippen LogP contribution is -2.33. The van der Waals surface area contributed by atoms with E-state index in [1.807, 2.05) is 41.8 Å². The maximum atomic E-state index is 12.2. The monoisotopic (exact) mass is 221 g/mol. The summed E-state index contributed by atoms with van der Waals surface area (Å²) in [5, 5.41) is 0. The van der Waals surface area contributed by atoms with Crippen LogP contribution in [0, 0.1) is 5.92 Å². The summed E-state index contributed by atoms with van der Waals surface area (Å²) in [6.07, 6.45) is 2.92. The number of carbonyl (C=O) groups excluding carboxylic acids is 1. The van der Waals surface area contributed by atoms with Crippen LogP contribution in [-0.4, -0.2) is 34.5 Å². The number of hydrogen-bond donors (Lipinski definition) is 1. The normalized spacial score (nSPS) is 22.4. The standard InChI is InChI=1S/C12H19N3O/c1-9(13)10-5-7-15(8-10)12(16)11-4-3-6-14(11)2/h3-4,6,9-10H,5,7-8,13H2,1-2H3. The highest BCUT2D eigenvalue weighted by Crippen LogP contribution is 2.20. The Morgan fingerprint density at radius 3 is 2.88 bits per heavy atom. The summed E-state index contributed by atoms with van der Waals surface area (Å²) < 4.78 is 1.86. The molecule has 4 nitrogen and oxygen atoms in total. The number of carbonyl (C=O) groups is 1. The van der Waals surface area contributed by atoms with E-state index in [1.54, 1.807) is 0 Å². The Labute approximate surface area is 96.0 Å². The molecule has 2 unspecified atom stereocenters. The zero-order chi connectivity index (χ0) is 11.7. The van der Waals surface area contributed by atoms with Gasteiger partial charge in [-0.25, -0.2) is 0 Å². The van der Waals surface area contributed by atoms with Gasteiger partial charge < -0.3 is 15.2 Å². The van der Waals surface area contributed by atoms with Crippen molar-refractivity contribution in [3.05, 3.63) is 24.0 Å². The maximum absolute atomic E-state index is 12.2. The van der Waals surface area contributed by atoms with E-state index in [-0.39, 0.29) is 11.9 Å². The zero-order valence-corrected chi connectivity index (χ0v) is 9.89. The molecule has 0 aromatic carbocycles. The van der Waals surface area contributed by atoms with E-state index in [4.69, 9.17) is 5.73 Å². The van der Waals surface area contributed by atoms with Crippen LogP contribution in [0.3, 0.4) is 0 Å². The van der Waals surface area contributed by atoms with Gasteiger partial charge in [0.1, 0.15) is 5.69 Å². The van der Waals surface area contributed by atoms with Gasteiger partial charge in [0.2, 0.25) is 0 Å². The van der Waals surface area contributed by atoms with Crippen molar-refractivity contribution in [2.45, 2.75) is 19.4 Å². The molecule has 1 amide bonds. The fourth-order valence-electron chi connectivity index (χ4n) is 2.25. The largest absolute Gasteiger partial charge is 0.347 e. The van der Waals surface area contributed by atoms with Crippen molar-refractivity contribution in [1.29, 1.82) is 0 Å². The maximum Gasteiger partial charge on any atom is 0.270 e. The third-order valence-electron chi connectivity index (χ3n) is 3.42. The van der Waals surface area contributed by atoms with Crippen molar-refractivity contribution in [3.8, 4) is 0 Å². The number of aromatic nitrogens is 1. The van der Waals surface area contributed by atoms with Gasteiger partial charge in [0, 0.05) is 32.4 Å². The quantitative estimate of drug-likeness (QED) is 0.804. The van der Waals surface area contributed by atoms with Crippen LogP contribution in [0.5, 0.6) is 0 Å². The van der Waals surface area contributed by atoms with E-state index >= 15 is 0 Å². The summed E-state index contributed by atoms with van der Waals surface area (Å²) in [4.78, 5) is 14.1. The van der Waals surface area contributed by atoms with Gasteiger partial charge in [-0.2, -0.15) is 0 Å². The number of nitrogens with zero attached hydrogens (tertiary/aromatic N) is 2. The van der Waals surface area contributed by atoms with Crippen LogP contribution in [0.25, 0.3) is 0 Å². The first-order valence-corrected chi connectivity index (χ1v) is 5.76. The van der Waals surface area contributed by atoms with Gasteiger partial charge in [-0.1, -0.05) is 0 Å². The van der Waals surface area contributed by atoms with Crippen LogP contribution in [0.2, 0.25) is 0 Å². The second-order valence-electron chi connectivity index (χ2n) is 4.66. The second kappa shape index (κ2) is 4.29. The third-order valence-corrected chi connectivity index (χ3v) is 3.42. The fourth-order valence-corrected chi connectivity index (χ4v) is 2.25. The summed E-state index contributed by atoms with van der Waals surface area (Å²) in [7, 11) is 1.90. The Morgan fingerprint density at radius 1 is 1.62 bits per heavy atom. The molecule has 1 fully saturated rings. The Balaban J connectivity index is 2.05. The highest BCUT2D eigenvalue weighted by molar-refractivity contribution is 5.92. The third kappa shape index (κ3) is 1.97. The molecular formula is C12H19N3O. The van der Waals surface area contributed by atoms with E-state index < -0.39 is 0 Å². The zero-order valence-electron chi connectivity index (χ0n) is 9.89. The van der Waals surface area contributed by atoms with Crippen LogP contribution < -0.4 is 5.73 Å². The van der Waals surface area contributed by atoms with Crippen molar-refractivity contribution in [1.82, 2.24) is 9.47 Å². The first-order valence-electron chi connectivity index (χ1n) is 5.76. The smallest absolute Gasteiger partial charge is 0.270 e. The number of rotatable bonds is 2. The predicted molar refractivity (Wildman–Crippen MR) is 63.1 cm³/mol. The SMILES string of the molecule is CC(N)C1CCN(C(=O)c2cccn2C)C1. The molecule has 2 heterocycles. The number of amides is 1. The Morgan fingerprint density at radius 2 is 2.38 bits per heavy atom. The topological polar surface area (TPSA) is 51.3 Å². The Hall–Kier alpha value is -1.29. The van der Waals surface area contributed by atoms with Gasteiger partial charge in [0.15, 0.2) is 0 Å². The Bertz CT molecular complexity index is 383. The molecule has 0 bridgehead atoms. The molecule has 0 saturated carbocycles. The molecule has 0 radical (unpaired) electrons. The average Bonchev–Trinajstić information content (AvgIpc) is 2.84. The van der Waals surface area contributed by atoms with E-state index in [2.05, 4.69) is 0 Å². The number of likely N-dealkylation sites (tertiary alicyclic amines) is 1.